The number of hydrogen-bond acceptors (Lipinski definition) is 3. The van der Waals surface area contributed by atoms with Gasteiger partial charge in [0.2, 0.25) is 0 Å². The van der Waals surface area contributed by atoms with Crippen LogP contribution in [0.25, 0.3) is 0 Å². The van der Waals surface area contributed by atoms with Crippen LogP contribution in [0.4, 0.5) is 0 Å². The summed E-state index contributed by atoms with van der Waals surface area (Å²) in [5.41, 5.74) is 1.29. The lowest BCUT2D eigenvalue weighted by molar-refractivity contribution is 0.348. The number of nitrogens with zero attached hydrogens (tertiary/aromatic N) is 3. The number of aromatic nitrogens is 2. The van der Waals surface area contributed by atoms with E-state index in [1.54, 1.807) is 6.20 Å². The van der Waals surface area contributed by atoms with E-state index in [4.69, 9.17) is 0 Å². The Morgan fingerprint density at radius 2 is 2.05 bits per heavy atom. The van der Waals surface area contributed by atoms with E-state index in [0.717, 1.165) is 24.2 Å². The van der Waals surface area contributed by atoms with E-state index < -0.39 is 5.54 Å². The highest BCUT2D eigenvalue weighted by atomic mass is 15.3. The van der Waals surface area contributed by atoms with Gasteiger partial charge in [0.05, 0.1) is 12.6 Å². The van der Waals surface area contributed by atoms with Gasteiger partial charge >= 0.3 is 0 Å². The van der Waals surface area contributed by atoms with E-state index in [-0.39, 0.29) is 0 Å². The summed E-state index contributed by atoms with van der Waals surface area (Å²) < 4.78 is 1.87. The number of hydrogen-bond donors (Lipinski definition) is 1. The Bertz CT molecular complexity index is 582. The van der Waals surface area contributed by atoms with Crippen LogP contribution in [0.2, 0.25) is 0 Å². The first-order chi connectivity index (χ1) is 9.72. The minimum atomic E-state index is -0.742. The molecular formula is C16H20N4. The second-order valence-corrected chi connectivity index (χ2v) is 4.94. The summed E-state index contributed by atoms with van der Waals surface area (Å²) in [6.45, 7) is 5.40. The molecule has 0 aliphatic heterocycles. The molecule has 0 aliphatic carbocycles. The fourth-order valence-electron chi connectivity index (χ4n) is 2.24. The Balaban J connectivity index is 2.38. The summed E-state index contributed by atoms with van der Waals surface area (Å²) in [5.74, 6) is 0. The average molecular weight is 268 g/mol. The third-order valence-electron chi connectivity index (χ3n) is 3.45. The fourth-order valence-corrected chi connectivity index (χ4v) is 2.24. The van der Waals surface area contributed by atoms with Gasteiger partial charge in [-0.25, -0.2) is 0 Å². The topological polar surface area (TPSA) is 53.6 Å². The van der Waals surface area contributed by atoms with Crippen LogP contribution in [0, 0.1) is 18.3 Å². The van der Waals surface area contributed by atoms with E-state index in [9.17, 15) is 5.26 Å². The van der Waals surface area contributed by atoms with Crippen molar-refractivity contribution in [2.24, 2.45) is 0 Å². The number of nitrogens with one attached hydrogen (secondary N) is 1. The molecule has 1 atom stereocenters. The van der Waals surface area contributed by atoms with Crippen molar-refractivity contribution < 1.29 is 0 Å². The summed E-state index contributed by atoms with van der Waals surface area (Å²) in [5, 5.41) is 17.5. The number of nitriles is 1. The van der Waals surface area contributed by atoms with Crippen molar-refractivity contribution in [1.82, 2.24) is 15.1 Å². The zero-order chi connectivity index (χ0) is 14.4. The summed E-state index contributed by atoms with van der Waals surface area (Å²) in [6.07, 6.45) is 2.75. The van der Waals surface area contributed by atoms with E-state index in [0.29, 0.717) is 6.54 Å². The van der Waals surface area contributed by atoms with Crippen molar-refractivity contribution in [3.63, 3.8) is 0 Å². The molecule has 2 aromatic rings. The van der Waals surface area contributed by atoms with Crippen molar-refractivity contribution >= 4 is 0 Å². The minimum Gasteiger partial charge on any atom is -0.294 e. The Morgan fingerprint density at radius 3 is 2.60 bits per heavy atom. The molecule has 4 heteroatoms. The quantitative estimate of drug-likeness (QED) is 0.876. The highest BCUT2D eigenvalue weighted by Gasteiger charge is 2.32. The van der Waals surface area contributed by atoms with Crippen molar-refractivity contribution in [2.45, 2.75) is 32.4 Å². The molecule has 20 heavy (non-hydrogen) atoms. The first kappa shape index (κ1) is 14.3. The Hall–Kier alpha value is -2.12. The Labute approximate surface area is 120 Å². The van der Waals surface area contributed by atoms with Crippen molar-refractivity contribution in [3.05, 3.63) is 53.9 Å². The maximum Gasteiger partial charge on any atom is 0.152 e. The van der Waals surface area contributed by atoms with Crippen LogP contribution in [-0.2, 0) is 12.1 Å². The zero-order valence-corrected chi connectivity index (χ0v) is 12.0. The van der Waals surface area contributed by atoms with Gasteiger partial charge in [-0.1, -0.05) is 37.3 Å². The third-order valence-corrected chi connectivity index (χ3v) is 3.45. The summed E-state index contributed by atoms with van der Waals surface area (Å²) >= 11 is 0. The molecule has 104 valence electrons. The molecule has 0 amide bonds. The molecule has 1 aromatic heterocycles. The molecule has 0 saturated carbocycles. The maximum atomic E-state index is 9.79. The van der Waals surface area contributed by atoms with Gasteiger partial charge < -0.3 is 0 Å². The van der Waals surface area contributed by atoms with Gasteiger partial charge in [-0.05, 0) is 31.5 Å². The lowest BCUT2D eigenvalue weighted by atomic mass is 9.91. The molecular weight excluding hydrogens is 248 g/mol. The molecule has 1 heterocycles. The molecule has 1 aromatic carbocycles. The average Bonchev–Trinajstić information content (AvgIpc) is 2.89. The smallest absolute Gasteiger partial charge is 0.152 e. The predicted octanol–water partition coefficient (Wildman–Crippen LogP) is 2.61. The van der Waals surface area contributed by atoms with E-state index in [1.165, 1.54) is 0 Å². The van der Waals surface area contributed by atoms with Crippen molar-refractivity contribution in [2.75, 3.05) is 6.54 Å². The number of aryl methyl sites for hydroxylation is 1. The molecule has 0 saturated heterocycles. The Kier molecular flexibility index (Phi) is 4.54. The molecule has 4 nitrogen and oxygen atoms in total. The number of benzene rings is 1. The first-order valence-electron chi connectivity index (χ1n) is 6.92. The standard InChI is InChI=1S/C16H20N4/c1-3-10-18-16(12-17,15-7-5-4-6-8-15)13-20-14(2)9-11-19-20/h4-9,11,18H,3,10,13H2,1-2H3. The normalized spacial score (nSPS) is 13.7. The highest BCUT2D eigenvalue weighted by molar-refractivity contribution is 5.31. The van der Waals surface area contributed by atoms with Crippen LogP contribution < -0.4 is 5.32 Å². The van der Waals surface area contributed by atoms with Crippen LogP contribution in [0.15, 0.2) is 42.6 Å². The largest absolute Gasteiger partial charge is 0.294 e. The van der Waals surface area contributed by atoms with Crippen molar-refractivity contribution in [3.8, 4) is 6.07 Å². The SMILES string of the molecule is CCCNC(C#N)(Cn1nccc1C)c1ccccc1. The van der Waals surface area contributed by atoms with Crippen LogP contribution in [-0.4, -0.2) is 16.3 Å². The molecule has 2 rings (SSSR count). The lowest BCUT2D eigenvalue weighted by Crippen LogP contribution is -2.45. The molecule has 0 bridgehead atoms. The maximum absolute atomic E-state index is 9.79. The molecule has 0 fully saturated rings. The second-order valence-electron chi connectivity index (χ2n) is 4.94. The molecule has 0 spiro atoms. The van der Waals surface area contributed by atoms with Crippen molar-refractivity contribution in [1.29, 1.82) is 5.26 Å². The van der Waals surface area contributed by atoms with Crippen LogP contribution in [0.5, 0.6) is 0 Å². The third kappa shape index (κ3) is 2.89. The summed E-state index contributed by atoms with van der Waals surface area (Å²) in [7, 11) is 0. The molecule has 0 aliphatic rings. The van der Waals surface area contributed by atoms with Gasteiger partial charge in [0.25, 0.3) is 0 Å². The fraction of sp³-hybridized carbons (Fsp3) is 0.375. The van der Waals surface area contributed by atoms with Gasteiger partial charge in [0, 0.05) is 11.9 Å². The predicted molar refractivity (Wildman–Crippen MR) is 79.0 cm³/mol. The summed E-state index contributed by atoms with van der Waals surface area (Å²) in [6, 6.07) is 14.3. The van der Waals surface area contributed by atoms with Gasteiger partial charge in [-0.3, -0.25) is 10.00 Å². The van der Waals surface area contributed by atoms with Gasteiger partial charge in [-0.15, -0.1) is 0 Å². The van der Waals surface area contributed by atoms with Crippen LogP contribution in [0.1, 0.15) is 24.6 Å². The van der Waals surface area contributed by atoms with E-state index in [1.807, 2.05) is 48.0 Å². The second kappa shape index (κ2) is 6.36. The van der Waals surface area contributed by atoms with Crippen LogP contribution >= 0.6 is 0 Å². The van der Waals surface area contributed by atoms with Gasteiger partial charge in [-0.2, -0.15) is 10.4 Å². The Morgan fingerprint density at radius 1 is 1.30 bits per heavy atom. The molecule has 0 radical (unpaired) electrons. The van der Waals surface area contributed by atoms with Crippen LogP contribution in [0.3, 0.4) is 0 Å². The van der Waals surface area contributed by atoms with E-state index in [2.05, 4.69) is 23.4 Å². The minimum absolute atomic E-state index is 0.506. The first-order valence-corrected chi connectivity index (χ1v) is 6.92. The molecule has 1 unspecified atom stereocenters. The monoisotopic (exact) mass is 268 g/mol. The molecule has 1 N–H and O–H groups in total. The summed E-state index contributed by atoms with van der Waals surface area (Å²) in [4.78, 5) is 0. The van der Waals surface area contributed by atoms with E-state index >= 15 is 0 Å². The lowest BCUT2D eigenvalue weighted by Gasteiger charge is -2.29. The van der Waals surface area contributed by atoms with Gasteiger partial charge in [0.1, 0.15) is 0 Å². The zero-order valence-electron chi connectivity index (χ0n) is 12.0. The van der Waals surface area contributed by atoms with Gasteiger partial charge in [0.15, 0.2) is 5.54 Å². The highest BCUT2D eigenvalue weighted by Crippen LogP contribution is 2.23. The number of rotatable bonds is 6.